The number of halogens is 1. The molecule has 0 bridgehead atoms. The third-order valence-corrected chi connectivity index (χ3v) is 3.40. The van der Waals surface area contributed by atoms with Gasteiger partial charge in [-0.05, 0) is 29.8 Å². The number of nitrogens with zero attached hydrogens (tertiary/aromatic N) is 3. The molecule has 0 unspecified atom stereocenters. The van der Waals surface area contributed by atoms with Gasteiger partial charge in [0.25, 0.3) is 0 Å². The van der Waals surface area contributed by atoms with Gasteiger partial charge >= 0.3 is 0 Å². The van der Waals surface area contributed by atoms with E-state index in [4.69, 9.17) is 11.6 Å². The van der Waals surface area contributed by atoms with Crippen LogP contribution in [-0.4, -0.2) is 15.8 Å². The molecule has 0 radical (unpaired) electrons. The molecule has 3 rings (SSSR count). The molecule has 4 heteroatoms. The first-order valence-electron chi connectivity index (χ1n) is 6.64. The molecule has 0 aliphatic heterocycles. The first-order chi connectivity index (χ1) is 10.3. The molecule has 0 saturated heterocycles. The quantitative estimate of drug-likeness (QED) is 0.510. The molecular weight excluding hydrogens is 282 g/mol. The molecule has 0 aliphatic rings. The van der Waals surface area contributed by atoms with Crippen LogP contribution in [0.25, 0.3) is 11.0 Å². The Morgan fingerprint density at radius 3 is 2.67 bits per heavy atom. The Bertz CT molecular complexity index is 801. The number of hydrogen-bond acceptors (Lipinski definition) is 2. The number of aromatic nitrogens is 2. The lowest BCUT2D eigenvalue weighted by molar-refractivity contribution is 0.853. The van der Waals surface area contributed by atoms with Crippen LogP contribution < -0.4 is 0 Å². The first kappa shape index (κ1) is 13.6. The van der Waals surface area contributed by atoms with E-state index in [1.165, 1.54) is 0 Å². The Morgan fingerprint density at radius 2 is 1.90 bits per heavy atom. The maximum absolute atomic E-state index is 5.88. The van der Waals surface area contributed by atoms with E-state index < -0.39 is 0 Å². The highest BCUT2D eigenvalue weighted by Gasteiger charge is 2.07. The second kappa shape index (κ2) is 5.94. The molecule has 3 nitrogen and oxygen atoms in total. The van der Waals surface area contributed by atoms with E-state index in [9.17, 15) is 0 Å². The maximum Gasteiger partial charge on any atom is 0.230 e. The fraction of sp³-hybridized carbons (Fsp3) is 0.0588. The van der Waals surface area contributed by atoms with Crippen LogP contribution in [0.5, 0.6) is 0 Å². The zero-order chi connectivity index (χ0) is 14.7. The summed E-state index contributed by atoms with van der Waals surface area (Å²) in [6.45, 7) is 4.47. The molecule has 104 valence electrons. The van der Waals surface area contributed by atoms with Crippen molar-refractivity contribution in [2.24, 2.45) is 4.99 Å². The van der Waals surface area contributed by atoms with E-state index in [0.29, 0.717) is 17.5 Å². The molecule has 0 amide bonds. The van der Waals surface area contributed by atoms with Gasteiger partial charge in [0.05, 0.1) is 11.0 Å². The van der Waals surface area contributed by atoms with Gasteiger partial charge in [0.15, 0.2) is 0 Å². The number of rotatable bonds is 4. The fourth-order valence-electron chi connectivity index (χ4n) is 2.15. The number of allylic oxidation sites excluding steroid dienone is 1. The fourth-order valence-corrected chi connectivity index (χ4v) is 2.28. The van der Waals surface area contributed by atoms with Gasteiger partial charge < -0.3 is 4.57 Å². The third-order valence-electron chi connectivity index (χ3n) is 3.15. The lowest BCUT2D eigenvalue weighted by Gasteiger charge is -2.01. The molecule has 1 heterocycles. The number of benzene rings is 2. The molecule has 3 aromatic rings. The van der Waals surface area contributed by atoms with E-state index in [-0.39, 0.29) is 0 Å². The van der Waals surface area contributed by atoms with Crippen molar-refractivity contribution in [1.82, 2.24) is 9.55 Å². The van der Waals surface area contributed by atoms with Gasteiger partial charge in [0, 0.05) is 17.8 Å². The van der Waals surface area contributed by atoms with Gasteiger partial charge in [0.2, 0.25) is 5.95 Å². The van der Waals surface area contributed by atoms with Crippen molar-refractivity contribution >= 4 is 34.8 Å². The second-order valence-electron chi connectivity index (χ2n) is 4.61. The van der Waals surface area contributed by atoms with Crippen molar-refractivity contribution in [3.05, 3.63) is 71.8 Å². The smallest absolute Gasteiger partial charge is 0.230 e. The molecule has 0 saturated carbocycles. The summed E-state index contributed by atoms with van der Waals surface area (Å²) in [5.41, 5.74) is 2.97. The highest BCUT2D eigenvalue weighted by atomic mass is 35.5. The largest absolute Gasteiger partial charge is 0.305 e. The first-order valence-corrected chi connectivity index (χ1v) is 7.01. The van der Waals surface area contributed by atoms with E-state index in [0.717, 1.165) is 16.6 Å². The summed E-state index contributed by atoms with van der Waals surface area (Å²) < 4.78 is 2.04. The van der Waals surface area contributed by atoms with Gasteiger partial charge in [-0.15, -0.1) is 6.58 Å². The number of fused-ring (bicyclic) bond motifs is 1. The number of imidazole rings is 1. The van der Waals surface area contributed by atoms with E-state index in [2.05, 4.69) is 16.6 Å². The molecule has 21 heavy (non-hydrogen) atoms. The summed E-state index contributed by atoms with van der Waals surface area (Å²) in [5, 5.41) is 0.714. The van der Waals surface area contributed by atoms with Crippen molar-refractivity contribution < 1.29 is 0 Å². The Hall–Kier alpha value is -2.39. The molecular formula is C17H14ClN3. The normalized spacial score (nSPS) is 11.3. The van der Waals surface area contributed by atoms with Crippen molar-refractivity contribution in [2.45, 2.75) is 6.54 Å². The van der Waals surface area contributed by atoms with Crippen molar-refractivity contribution in [1.29, 1.82) is 0 Å². The van der Waals surface area contributed by atoms with Gasteiger partial charge in [-0.1, -0.05) is 41.9 Å². The minimum absolute atomic E-state index is 0.672. The van der Waals surface area contributed by atoms with Crippen molar-refractivity contribution in [2.75, 3.05) is 0 Å². The van der Waals surface area contributed by atoms with E-state index in [1.54, 1.807) is 6.21 Å². The van der Waals surface area contributed by atoms with Crippen LogP contribution in [0.15, 0.2) is 66.2 Å². The SMILES string of the molecule is C=CCn1c(/N=C/c2ccc(Cl)cc2)nc2ccccc21. The van der Waals surface area contributed by atoms with Crippen LogP contribution in [0.3, 0.4) is 0 Å². The number of para-hydroxylation sites is 2. The van der Waals surface area contributed by atoms with Crippen molar-refractivity contribution in [3.8, 4) is 0 Å². The summed E-state index contributed by atoms with van der Waals surface area (Å²) >= 11 is 5.88. The Morgan fingerprint density at radius 1 is 1.14 bits per heavy atom. The minimum Gasteiger partial charge on any atom is -0.305 e. The highest BCUT2D eigenvalue weighted by molar-refractivity contribution is 6.30. The van der Waals surface area contributed by atoms with Crippen LogP contribution in [0.2, 0.25) is 5.02 Å². The molecule has 0 N–H and O–H groups in total. The van der Waals surface area contributed by atoms with Crippen LogP contribution in [0.1, 0.15) is 5.56 Å². The van der Waals surface area contributed by atoms with Gasteiger partial charge in [-0.3, -0.25) is 0 Å². The molecule has 1 aromatic heterocycles. The number of aliphatic imine (C=N–C) groups is 1. The minimum atomic E-state index is 0.672. The predicted molar refractivity (Wildman–Crippen MR) is 88.6 cm³/mol. The number of hydrogen-bond donors (Lipinski definition) is 0. The molecule has 0 atom stereocenters. The topological polar surface area (TPSA) is 30.2 Å². The summed E-state index contributed by atoms with van der Waals surface area (Å²) in [4.78, 5) is 9.05. The molecule has 0 fully saturated rings. The standard InChI is InChI=1S/C17H14ClN3/c1-2-11-21-16-6-4-3-5-15(16)20-17(21)19-12-13-7-9-14(18)10-8-13/h2-10,12H,1,11H2/b19-12+. The highest BCUT2D eigenvalue weighted by Crippen LogP contribution is 2.21. The molecule has 2 aromatic carbocycles. The van der Waals surface area contributed by atoms with Crippen LogP contribution >= 0.6 is 11.6 Å². The Kier molecular flexibility index (Phi) is 3.84. The monoisotopic (exact) mass is 295 g/mol. The Labute approximate surface area is 128 Å². The van der Waals surface area contributed by atoms with Crippen LogP contribution in [-0.2, 0) is 6.54 Å². The van der Waals surface area contributed by atoms with Gasteiger partial charge in [0.1, 0.15) is 0 Å². The average Bonchev–Trinajstić information content (AvgIpc) is 2.85. The zero-order valence-corrected chi connectivity index (χ0v) is 12.2. The zero-order valence-electron chi connectivity index (χ0n) is 11.4. The molecule has 0 aliphatic carbocycles. The van der Waals surface area contributed by atoms with E-state index in [1.807, 2.05) is 59.2 Å². The molecule has 0 spiro atoms. The Balaban J connectivity index is 2.01. The summed E-state index contributed by atoms with van der Waals surface area (Å²) in [6, 6.07) is 15.5. The van der Waals surface area contributed by atoms with Gasteiger partial charge in [-0.2, -0.15) is 0 Å². The van der Waals surface area contributed by atoms with E-state index >= 15 is 0 Å². The van der Waals surface area contributed by atoms with Crippen molar-refractivity contribution in [3.63, 3.8) is 0 Å². The second-order valence-corrected chi connectivity index (χ2v) is 5.05. The summed E-state index contributed by atoms with van der Waals surface area (Å²) in [6.07, 6.45) is 3.63. The lowest BCUT2D eigenvalue weighted by atomic mass is 10.2. The van der Waals surface area contributed by atoms with Crippen LogP contribution in [0, 0.1) is 0 Å². The van der Waals surface area contributed by atoms with Gasteiger partial charge in [-0.25, -0.2) is 9.98 Å². The lowest BCUT2D eigenvalue weighted by Crippen LogP contribution is -1.94. The summed E-state index contributed by atoms with van der Waals surface area (Å²) in [7, 11) is 0. The summed E-state index contributed by atoms with van der Waals surface area (Å²) in [5.74, 6) is 0.672. The maximum atomic E-state index is 5.88. The van der Waals surface area contributed by atoms with Crippen LogP contribution in [0.4, 0.5) is 5.95 Å². The predicted octanol–water partition coefficient (Wildman–Crippen LogP) is 4.63. The average molecular weight is 296 g/mol. The third kappa shape index (κ3) is 2.88.